The Bertz CT molecular complexity index is 1550. The molecule has 5 heteroatoms. The Morgan fingerprint density at radius 3 is 2.31 bits per heavy atom. The fourth-order valence-electron chi connectivity index (χ4n) is 5.45. The molecule has 1 unspecified atom stereocenters. The molecule has 5 aromatic rings. The number of methoxy groups -OCH3 is 3. The van der Waals surface area contributed by atoms with Crippen molar-refractivity contribution in [1.29, 1.82) is 0 Å². The SMILES string of the molecule is COc1ccc(CC2(c3ccc(OC)cc3OC)COc3cc4c(cc3C2)oc2ccccc24)cc1. The predicted octanol–water partition coefficient (Wildman–Crippen LogP) is 6.73. The highest BCUT2D eigenvalue weighted by Gasteiger charge is 2.40. The highest BCUT2D eigenvalue weighted by Crippen LogP contribution is 2.46. The first kappa shape index (κ1) is 22.4. The first-order valence-corrected chi connectivity index (χ1v) is 12.0. The van der Waals surface area contributed by atoms with E-state index >= 15 is 0 Å². The highest BCUT2D eigenvalue weighted by atomic mass is 16.5. The van der Waals surface area contributed by atoms with E-state index in [1.54, 1.807) is 21.3 Å². The Hall–Kier alpha value is -4.12. The van der Waals surface area contributed by atoms with Crippen LogP contribution in [-0.2, 0) is 18.3 Å². The second kappa shape index (κ2) is 8.83. The minimum Gasteiger partial charge on any atom is -0.497 e. The van der Waals surface area contributed by atoms with Gasteiger partial charge in [0, 0.05) is 27.8 Å². The lowest BCUT2D eigenvalue weighted by atomic mass is 9.70. The molecule has 36 heavy (non-hydrogen) atoms. The fraction of sp³-hybridized carbons (Fsp3) is 0.226. The van der Waals surface area contributed by atoms with Crippen molar-refractivity contribution in [3.63, 3.8) is 0 Å². The van der Waals surface area contributed by atoms with Gasteiger partial charge in [0.25, 0.3) is 0 Å². The number of rotatable bonds is 6. The summed E-state index contributed by atoms with van der Waals surface area (Å²) in [6.45, 7) is 0.524. The second-order valence-corrected chi connectivity index (χ2v) is 9.39. The summed E-state index contributed by atoms with van der Waals surface area (Å²) in [6, 6.07) is 26.7. The van der Waals surface area contributed by atoms with Crippen LogP contribution in [0.1, 0.15) is 16.7 Å². The number of furan rings is 1. The topological polar surface area (TPSA) is 50.1 Å². The van der Waals surface area contributed by atoms with Crippen molar-refractivity contribution in [2.75, 3.05) is 27.9 Å². The lowest BCUT2D eigenvalue weighted by Crippen LogP contribution is -2.41. The Morgan fingerprint density at radius 2 is 1.53 bits per heavy atom. The van der Waals surface area contributed by atoms with Gasteiger partial charge in [-0.25, -0.2) is 0 Å². The quantitative estimate of drug-likeness (QED) is 0.270. The zero-order valence-electron chi connectivity index (χ0n) is 20.7. The smallest absolute Gasteiger partial charge is 0.135 e. The molecule has 1 aliphatic rings. The molecular formula is C31H28O5. The van der Waals surface area contributed by atoms with Gasteiger partial charge in [0.15, 0.2) is 0 Å². The molecule has 0 saturated heterocycles. The number of ether oxygens (including phenoxy) is 4. The Morgan fingerprint density at radius 1 is 0.750 bits per heavy atom. The zero-order chi connectivity index (χ0) is 24.7. The molecule has 0 saturated carbocycles. The zero-order valence-corrected chi connectivity index (χ0v) is 20.7. The molecule has 0 amide bonds. The summed E-state index contributed by atoms with van der Waals surface area (Å²) < 4.78 is 29.5. The molecule has 0 bridgehead atoms. The van der Waals surface area contributed by atoms with E-state index in [9.17, 15) is 0 Å². The molecule has 0 spiro atoms. The summed E-state index contributed by atoms with van der Waals surface area (Å²) in [7, 11) is 5.05. The third-order valence-corrected chi connectivity index (χ3v) is 7.27. The normalized spacial score (nSPS) is 17.0. The first-order chi connectivity index (χ1) is 17.6. The molecule has 1 aliphatic heterocycles. The number of benzene rings is 4. The van der Waals surface area contributed by atoms with E-state index in [2.05, 4.69) is 36.4 Å². The van der Waals surface area contributed by atoms with E-state index in [4.69, 9.17) is 23.4 Å². The minimum absolute atomic E-state index is 0.348. The van der Waals surface area contributed by atoms with Gasteiger partial charge >= 0.3 is 0 Å². The van der Waals surface area contributed by atoms with Gasteiger partial charge in [0.2, 0.25) is 0 Å². The maximum atomic E-state index is 6.54. The maximum absolute atomic E-state index is 6.54. The lowest BCUT2D eigenvalue weighted by Gasteiger charge is -2.39. The Labute approximate surface area is 210 Å². The van der Waals surface area contributed by atoms with E-state index in [1.807, 2.05) is 42.5 Å². The molecule has 0 fully saturated rings. The van der Waals surface area contributed by atoms with Crippen LogP contribution in [0.4, 0.5) is 0 Å². The van der Waals surface area contributed by atoms with Crippen LogP contribution >= 0.6 is 0 Å². The van der Waals surface area contributed by atoms with Gasteiger partial charge < -0.3 is 23.4 Å². The predicted molar refractivity (Wildman–Crippen MR) is 141 cm³/mol. The molecule has 182 valence electrons. The number of hydrogen-bond acceptors (Lipinski definition) is 5. The van der Waals surface area contributed by atoms with Crippen LogP contribution in [0.5, 0.6) is 23.0 Å². The summed E-state index contributed by atoms with van der Waals surface area (Å²) >= 11 is 0. The Balaban J connectivity index is 1.48. The Kier molecular flexibility index (Phi) is 5.48. The highest BCUT2D eigenvalue weighted by molar-refractivity contribution is 6.05. The lowest BCUT2D eigenvalue weighted by molar-refractivity contribution is 0.182. The first-order valence-electron chi connectivity index (χ1n) is 12.0. The van der Waals surface area contributed by atoms with Crippen molar-refractivity contribution in [2.24, 2.45) is 0 Å². The van der Waals surface area contributed by atoms with Crippen LogP contribution in [0.2, 0.25) is 0 Å². The monoisotopic (exact) mass is 480 g/mol. The van der Waals surface area contributed by atoms with Crippen LogP contribution < -0.4 is 18.9 Å². The molecule has 2 heterocycles. The van der Waals surface area contributed by atoms with E-state index in [1.165, 1.54) is 5.56 Å². The molecule has 0 aliphatic carbocycles. The van der Waals surface area contributed by atoms with E-state index in [0.717, 1.165) is 68.9 Å². The molecule has 0 N–H and O–H groups in total. The molecule has 4 aromatic carbocycles. The van der Waals surface area contributed by atoms with Gasteiger partial charge in [-0.1, -0.05) is 36.4 Å². The van der Waals surface area contributed by atoms with E-state index in [-0.39, 0.29) is 5.41 Å². The van der Waals surface area contributed by atoms with Crippen LogP contribution in [0.3, 0.4) is 0 Å². The third kappa shape index (κ3) is 3.72. The summed E-state index contributed by atoms with van der Waals surface area (Å²) in [5, 5.41) is 2.18. The fourth-order valence-corrected chi connectivity index (χ4v) is 5.45. The average Bonchev–Trinajstić information content (AvgIpc) is 3.29. The summed E-state index contributed by atoms with van der Waals surface area (Å²) in [5.41, 5.74) is 4.83. The standard InChI is InChI=1S/C31H28O5/c1-32-22-10-8-20(9-11-22)17-31(26-13-12-23(33-2)15-30(26)34-3)18-21-14-29-25(16-28(21)35-19-31)24-6-4-5-7-27(24)36-29/h4-16H,17-19H2,1-3H3. The van der Waals surface area contributed by atoms with Crippen LogP contribution in [-0.4, -0.2) is 27.9 Å². The number of fused-ring (bicyclic) bond motifs is 4. The molecule has 1 atom stereocenters. The van der Waals surface area contributed by atoms with Crippen molar-refractivity contribution in [3.8, 4) is 23.0 Å². The molecule has 6 rings (SSSR count). The summed E-state index contributed by atoms with van der Waals surface area (Å²) in [6.07, 6.45) is 1.56. The van der Waals surface area contributed by atoms with E-state index < -0.39 is 0 Å². The minimum atomic E-state index is -0.348. The summed E-state index contributed by atoms with van der Waals surface area (Å²) in [5.74, 6) is 3.30. The van der Waals surface area contributed by atoms with Crippen molar-refractivity contribution in [3.05, 3.63) is 95.6 Å². The third-order valence-electron chi connectivity index (χ3n) is 7.27. The average molecular weight is 481 g/mol. The molecule has 5 nitrogen and oxygen atoms in total. The maximum Gasteiger partial charge on any atom is 0.135 e. The molecule has 0 radical (unpaired) electrons. The van der Waals surface area contributed by atoms with Crippen LogP contribution in [0.15, 0.2) is 83.3 Å². The van der Waals surface area contributed by atoms with Gasteiger partial charge in [0.1, 0.15) is 34.2 Å². The second-order valence-electron chi connectivity index (χ2n) is 9.39. The van der Waals surface area contributed by atoms with Crippen LogP contribution in [0, 0.1) is 0 Å². The van der Waals surface area contributed by atoms with Gasteiger partial charge in [-0.05, 0) is 60.4 Å². The molecular weight excluding hydrogens is 452 g/mol. The van der Waals surface area contributed by atoms with Gasteiger partial charge in [-0.3, -0.25) is 0 Å². The van der Waals surface area contributed by atoms with Crippen molar-refractivity contribution >= 4 is 21.9 Å². The van der Waals surface area contributed by atoms with Crippen molar-refractivity contribution in [1.82, 2.24) is 0 Å². The molecule has 1 aromatic heterocycles. The number of para-hydroxylation sites is 1. The largest absolute Gasteiger partial charge is 0.497 e. The van der Waals surface area contributed by atoms with Gasteiger partial charge in [-0.2, -0.15) is 0 Å². The van der Waals surface area contributed by atoms with Crippen molar-refractivity contribution in [2.45, 2.75) is 18.3 Å². The van der Waals surface area contributed by atoms with Crippen LogP contribution in [0.25, 0.3) is 21.9 Å². The van der Waals surface area contributed by atoms with Gasteiger partial charge in [-0.15, -0.1) is 0 Å². The van der Waals surface area contributed by atoms with Crippen molar-refractivity contribution < 1.29 is 23.4 Å². The van der Waals surface area contributed by atoms with E-state index in [0.29, 0.717) is 6.61 Å². The number of hydrogen-bond donors (Lipinski definition) is 0. The summed E-state index contributed by atoms with van der Waals surface area (Å²) in [4.78, 5) is 0. The van der Waals surface area contributed by atoms with Gasteiger partial charge in [0.05, 0.1) is 27.9 Å².